The molecule has 1 rings (SSSR count). The minimum Gasteiger partial charge on any atom is -0.395 e. The molecule has 94 valence electrons. The Labute approximate surface area is 95.2 Å². The van der Waals surface area contributed by atoms with Gasteiger partial charge in [-0.3, -0.25) is 4.89 Å². The van der Waals surface area contributed by atoms with Crippen molar-refractivity contribution >= 4 is 5.97 Å². The van der Waals surface area contributed by atoms with Crippen molar-refractivity contribution in [2.24, 2.45) is 5.92 Å². The first-order valence-corrected chi connectivity index (χ1v) is 5.70. The van der Waals surface area contributed by atoms with Crippen LogP contribution < -0.4 is 10.6 Å². The summed E-state index contributed by atoms with van der Waals surface area (Å²) < 4.78 is 0. The van der Waals surface area contributed by atoms with E-state index < -0.39 is 0 Å². The molecular weight excluding hydrogens is 212 g/mol. The zero-order valence-corrected chi connectivity index (χ0v) is 9.41. The van der Waals surface area contributed by atoms with Gasteiger partial charge >= 0.3 is 5.97 Å². The minimum absolute atomic E-state index is 0.0841. The van der Waals surface area contributed by atoms with E-state index >= 15 is 0 Å². The molecule has 0 amide bonds. The lowest BCUT2D eigenvalue weighted by molar-refractivity contribution is -0.275. The fourth-order valence-corrected chi connectivity index (χ4v) is 1.54. The molecule has 1 saturated heterocycles. The van der Waals surface area contributed by atoms with Crippen LogP contribution in [0.1, 0.15) is 12.8 Å². The second-order valence-corrected chi connectivity index (χ2v) is 3.74. The third-order valence-corrected chi connectivity index (χ3v) is 2.42. The van der Waals surface area contributed by atoms with Crippen LogP contribution in [-0.4, -0.2) is 50.5 Å². The van der Waals surface area contributed by atoms with Crippen LogP contribution in [0, 0.1) is 5.92 Å². The van der Waals surface area contributed by atoms with Crippen molar-refractivity contribution in [3.63, 3.8) is 0 Å². The predicted molar refractivity (Wildman–Crippen MR) is 57.6 cm³/mol. The van der Waals surface area contributed by atoms with Crippen molar-refractivity contribution in [3.05, 3.63) is 0 Å². The summed E-state index contributed by atoms with van der Waals surface area (Å²) in [5.41, 5.74) is 0. The summed E-state index contributed by atoms with van der Waals surface area (Å²) in [4.78, 5) is 20.9. The highest BCUT2D eigenvalue weighted by atomic mass is 17.2. The first-order chi connectivity index (χ1) is 7.84. The summed E-state index contributed by atoms with van der Waals surface area (Å²) in [7, 11) is 0. The predicted octanol–water partition coefficient (Wildman–Crippen LogP) is -0.957. The van der Waals surface area contributed by atoms with Gasteiger partial charge < -0.3 is 15.7 Å². The van der Waals surface area contributed by atoms with E-state index in [1.54, 1.807) is 0 Å². The second kappa shape index (κ2) is 8.46. The highest BCUT2D eigenvalue weighted by molar-refractivity contribution is 5.72. The number of carbonyl (C=O) groups is 1. The van der Waals surface area contributed by atoms with Crippen LogP contribution in [0.4, 0.5) is 0 Å². The fourth-order valence-electron chi connectivity index (χ4n) is 1.54. The lowest BCUT2D eigenvalue weighted by atomic mass is 10.0. The van der Waals surface area contributed by atoms with Gasteiger partial charge in [-0.15, -0.1) is 0 Å². The van der Waals surface area contributed by atoms with Crippen molar-refractivity contribution in [1.82, 2.24) is 10.6 Å². The molecule has 6 nitrogen and oxygen atoms in total. The van der Waals surface area contributed by atoms with Gasteiger partial charge in [-0.25, -0.2) is 4.79 Å². The molecule has 0 aromatic rings. The summed E-state index contributed by atoms with van der Waals surface area (Å²) >= 11 is 0. The van der Waals surface area contributed by atoms with Crippen LogP contribution in [0.5, 0.6) is 0 Å². The number of rotatable bonds is 7. The highest BCUT2D eigenvalue weighted by Crippen LogP contribution is 2.11. The molecule has 1 atom stereocenters. The maximum absolute atomic E-state index is 11.4. The molecule has 1 heterocycles. The molecule has 1 aliphatic rings. The average molecular weight is 232 g/mol. The van der Waals surface area contributed by atoms with Gasteiger partial charge in [0, 0.05) is 19.6 Å². The van der Waals surface area contributed by atoms with Gasteiger partial charge in [-0.2, -0.15) is 4.89 Å². The van der Waals surface area contributed by atoms with Crippen LogP contribution in [0.2, 0.25) is 0 Å². The molecule has 1 aliphatic heterocycles. The molecule has 1 unspecified atom stereocenters. The molecule has 0 aliphatic carbocycles. The van der Waals surface area contributed by atoms with Gasteiger partial charge in [0.05, 0.1) is 12.5 Å². The topological polar surface area (TPSA) is 79.8 Å². The molecule has 0 saturated carbocycles. The van der Waals surface area contributed by atoms with E-state index in [2.05, 4.69) is 15.5 Å². The lowest BCUT2D eigenvalue weighted by Crippen LogP contribution is -2.35. The van der Waals surface area contributed by atoms with E-state index in [0.717, 1.165) is 19.4 Å². The summed E-state index contributed by atoms with van der Waals surface area (Å²) in [6, 6.07) is 0. The molecule has 16 heavy (non-hydrogen) atoms. The van der Waals surface area contributed by atoms with E-state index in [1.165, 1.54) is 0 Å². The summed E-state index contributed by atoms with van der Waals surface area (Å²) in [5.74, 6) is -0.381. The number of nitrogens with one attached hydrogen (secondary N) is 2. The Morgan fingerprint density at radius 3 is 3.06 bits per heavy atom. The number of carbonyl (C=O) groups excluding carboxylic acids is 1. The first-order valence-electron chi connectivity index (χ1n) is 5.70. The Bertz CT molecular complexity index is 195. The van der Waals surface area contributed by atoms with E-state index in [9.17, 15) is 4.79 Å². The zero-order chi connectivity index (χ0) is 11.6. The van der Waals surface area contributed by atoms with Crippen LogP contribution in [0.15, 0.2) is 0 Å². The number of aliphatic hydroxyl groups excluding tert-OH is 1. The lowest BCUT2D eigenvalue weighted by Gasteiger charge is -2.20. The number of hydrogen-bond donors (Lipinski definition) is 3. The van der Waals surface area contributed by atoms with Gasteiger partial charge in [0.2, 0.25) is 0 Å². The smallest absolute Gasteiger partial charge is 0.346 e. The molecular formula is C10H20N2O4. The third-order valence-electron chi connectivity index (χ3n) is 2.42. The van der Waals surface area contributed by atoms with Crippen molar-refractivity contribution in [1.29, 1.82) is 0 Å². The van der Waals surface area contributed by atoms with Gasteiger partial charge in [0.1, 0.15) is 6.61 Å². The quantitative estimate of drug-likeness (QED) is 0.298. The third kappa shape index (κ3) is 5.41. The van der Waals surface area contributed by atoms with E-state index in [-0.39, 0.29) is 18.5 Å². The second-order valence-electron chi connectivity index (χ2n) is 3.74. The Balaban J connectivity index is 1.97. The summed E-state index contributed by atoms with van der Waals surface area (Å²) in [5, 5.41) is 14.5. The van der Waals surface area contributed by atoms with Gasteiger partial charge in [-0.05, 0) is 19.4 Å². The molecule has 0 aromatic heterocycles. The largest absolute Gasteiger partial charge is 0.395 e. The van der Waals surface area contributed by atoms with Crippen LogP contribution >= 0.6 is 0 Å². The fraction of sp³-hybridized carbons (Fsp3) is 0.900. The SMILES string of the molecule is O=C(OOCCNCCO)C1CCCNC1. The van der Waals surface area contributed by atoms with Gasteiger partial charge in [-0.1, -0.05) is 0 Å². The highest BCUT2D eigenvalue weighted by Gasteiger charge is 2.23. The van der Waals surface area contributed by atoms with Crippen molar-refractivity contribution < 1.29 is 19.7 Å². The van der Waals surface area contributed by atoms with Gasteiger partial charge in [0.15, 0.2) is 0 Å². The molecule has 0 spiro atoms. The van der Waals surface area contributed by atoms with Crippen molar-refractivity contribution in [2.45, 2.75) is 12.8 Å². The summed E-state index contributed by atoms with van der Waals surface area (Å²) in [6.07, 6.45) is 1.86. The maximum atomic E-state index is 11.4. The Morgan fingerprint density at radius 2 is 2.38 bits per heavy atom. The standard InChI is InChI=1S/C10H20N2O4/c13-6-4-11-5-7-15-16-10(14)9-2-1-3-12-8-9/h9,11-13H,1-8H2. The number of piperidine rings is 1. The van der Waals surface area contributed by atoms with E-state index in [0.29, 0.717) is 26.2 Å². The maximum Gasteiger partial charge on any atom is 0.346 e. The van der Waals surface area contributed by atoms with Crippen LogP contribution in [0.25, 0.3) is 0 Å². The normalized spacial score (nSPS) is 20.7. The minimum atomic E-state index is -0.297. The Hall–Kier alpha value is -0.690. The van der Waals surface area contributed by atoms with E-state index in [4.69, 9.17) is 9.99 Å². The molecule has 1 fully saturated rings. The van der Waals surface area contributed by atoms with Gasteiger partial charge in [0.25, 0.3) is 0 Å². The van der Waals surface area contributed by atoms with Crippen LogP contribution in [-0.2, 0) is 14.6 Å². The monoisotopic (exact) mass is 232 g/mol. The average Bonchev–Trinajstić information content (AvgIpc) is 2.34. The Morgan fingerprint density at radius 1 is 1.50 bits per heavy atom. The van der Waals surface area contributed by atoms with Crippen molar-refractivity contribution in [2.75, 3.05) is 39.4 Å². The number of aliphatic hydroxyl groups is 1. The summed E-state index contributed by atoms with van der Waals surface area (Å²) in [6.45, 7) is 3.10. The number of hydrogen-bond acceptors (Lipinski definition) is 6. The molecule has 0 bridgehead atoms. The van der Waals surface area contributed by atoms with Crippen molar-refractivity contribution in [3.8, 4) is 0 Å². The molecule has 0 radical (unpaired) electrons. The first kappa shape index (κ1) is 13.4. The molecule has 6 heteroatoms. The Kier molecular flexibility index (Phi) is 7.07. The molecule has 3 N–H and O–H groups in total. The zero-order valence-electron chi connectivity index (χ0n) is 9.41. The van der Waals surface area contributed by atoms with Crippen LogP contribution in [0.3, 0.4) is 0 Å². The van der Waals surface area contributed by atoms with E-state index in [1.807, 2.05) is 0 Å². The molecule has 0 aromatic carbocycles.